The molecule has 2 amide bonds. The second-order valence-electron chi connectivity index (χ2n) is 6.06. The van der Waals surface area contributed by atoms with E-state index in [9.17, 15) is 22.8 Å². The predicted octanol–water partition coefficient (Wildman–Crippen LogP) is 5.20. The smallest absolute Gasteiger partial charge is 0.416 e. The number of rotatable bonds is 7. The van der Waals surface area contributed by atoms with Gasteiger partial charge in [0.25, 0.3) is 5.91 Å². The van der Waals surface area contributed by atoms with Crippen molar-refractivity contribution in [2.24, 2.45) is 0 Å². The van der Waals surface area contributed by atoms with Crippen molar-refractivity contribution in [1.82, 2.24) is 10.2 Å². The van der Waals surface area contributed by atoms with Gasteiger partial charge in [-0.25, -0.2) is 0 Å². The summed E-state index contributed by atoms with van der Waals surface area (Å²) < 4.78 is 44.0. The van der Waals surface area contributed by atoms with Crippen LogP contribution >= 0.6 is 34.7 Å². The molecule has 0 aliphatic carbocycles. The Morgan fingerprint density at radius 3 is 2.62 bits per heavy atom. The average Bonchev–Trinajstić information content (AvgIpc) is 3.20. The molecule has 32 heavy (non-hydrogen) atoms. The molecule has 1 aromatic heterocycles. The largest absolute Gasteiger partial charge is 0.496 e. The number of halogens is 4. The van der Waals surface area contributed by atoms with Gasteiger partial charge in [0.1, 0.15) is 5.75 Å². The fraction of sp³-hybridized carbons (Fsp3) is 0.158. The lowest BCUT2D eigenvalue weighted by atomic mass is 10.2. The van der Waals surface area contributed by atoms with E-state index in [-0.39, 0.29) is 21.6 Å². The number of hydrogen-bond acceptors (Lipinski definition) is 7. The van der Waals surface area contributed by atoms with E-state index in [1.165, 1.54) is 7.11 Å². The highest BCUT2D eigenvalue weighted by Gasteiger charge is 2.31. The van der Waals surface area contributed by atoms with Gasteiger partial charge in [0.05, 0.1) is 34.7 Å². The monoisotopic (exact) mass is 502 g/mol. The first kappa shape index (κ1) is 23.8. The van der Waals surface area contributed by atoms with Crippen molar-refractivity contribution >= 4 is 57.3 Å². The van der Waals surface area contributed by atoms with E-state index in [4.69, 9.17) is 16.3 Å². The number of alkyl halides is 3. The first-order valence-electron chi connectivity index (χ1n) is 8.74. The normalized spacial score (nSPS) is 11.2. The number of benzene rings is 2. The minimum absolute atomic E-state index is 0.0198. The fourth-order valence-corrected chi connectivity index (χ4v) is 4.14. The first-order valence-corrected chi connectivity index (χ1v) is 10.9. The molecule has 0 saturated carbocycles. The lowest BCUT2D eigenvalue weighted by Gasteiger charge is -2.11. The van der Waals surface area contributed by atoms with E-state index in [1.54, 1.807) is 24.3 Å². The number of amides is 2. The molecule has 3 aromatic rings. The Kier molecular flexibility index (Phi) is 7.59. The molecule has 0 bridgehead atoms. The van der Waals surface area contributed by atoms with Crippen molar-refractivity contribution < 1.29 is 27.5 Å². The summed E-state index contributed by atoms with van der Waals surface area (Å²) in [5.41, 5.74) is -0.754. The Hall–Kier alpha value is -2.83. The van der Waals surface area contributed by atoms with Crippen LogP contribution in [0.4, 0.5) is 24.0 Å². The molecular formula is C19H14ClF3N4O3S2. The Balaban J connectivity index is 1.57. The zero-order chi connectivity index (χ0) is 23.3. The molecule has 0 unspecified atom stereocenters. The summed E-state index contributed by atoms with van der Waals surface area (Å²) in [6, 6.07) is 9.31. The van der Waals surface area contributed by atoms with Crippen molar-refractivity contribution in [3.63, 3.8) is 0 Å². The maximum absolute atomic E-state index is 12.8. The predicted molar refractivity (Wildman–Crippen MR) is 117 cm³/mol. The van der Waals surface area contributed by atoms with Crippen LogP contribution in [0.3, 0.4) is 0 Å². The van der Waals surface area contributed by atoms with E-state index in [0.29, 0.717) is 15.7 Å². The maximum Gasteiger partial charge on any atom is 0.416 e. The molecule has 2 aromatic carbocycles. The lowest BCUT2D eigenvalue weighted by Crippen LogP contribution is -2.15. The number of hydrogen-bond donors (Lipinski definition) is 2. The Labute approximate surface area is 193 Å². The summed E-state index contributed by atoms with van der Waals surface area (Å²) in [5.74, 6) is -0.770. The van der Waals surface area contributed by atoms with Crippen LogP contribution in [-0.4, -0.2) is 34.9 Å². The van der Waals surface area contributed by atoms with Crippen molar-refractivity contribution in [1.29, 1.82) is 0 Å². The van der Waals surface area contributed by atoms with E-state index < -0.39 is 23.6 Å². The minimum Gasteiger partial charge on any atom is -0.496 e. The molecule has 13 heteroatoms. The van der Waals surface area contributed by atoms with Gasteiger partial charge in [-0.2, -0.15) is 13.2 Å². The van der Waals surface area contributed by atoms with Gasteiger partial charge in [-0.3, -0.25) is 14.9 Å². The van der Waals surface area contributed by atoms with Gasteiger partial charge < -0.3 is 10.1 Å². The highest BCUT2D eigenvalue weighted by atomic mass is 35.5. The van der Waals surface area contributed by atoms with Gasteiger partial charge in [0.2, 0.25) is 11.0 Å². The van der Waals surface area contributed by atoms with E-state index in [2.05, 4.69) is 20.8 Å². The third-order valence-corrected chi connectivity index (χ3v) is 6.17. The van der Waals surface area contributed by atoms with Crippen molar-refractivity contribution in [3.05, 3.63) is 58.6 Å². The van der Waals surface area contributed by atoms with Crippen LogP contribution in [0.2, 0.25) is 5.02 Å². The van der Waals surface area contributed by atoms with Crippen molar-refractivity contribution in [2.45, 2.75) is 10.5 Å². The van der Waals surface area contributed by atoms with Crippen molar-refractivity contribution in [2.75, 3.05) is 23.5 Å². The van der Waals surface area contributed by atoms with Crippen molar-refractivity contribution in [3.8, 4) is 5.75 Å². The molecule has 0 aliphatic rings. The highest BCUT2D eigenvalue weighted by Crippen LogP contribution is 2.34. The number of carbonyl (C=O) groups excluding carboxylic acids is 2. The summed E-state index contributed by atoms with van der Waals surface area (Å²) in [4.78, 5) is 24.5. The molecule has 1 heterocycles. The van der Waals surface area contributed by atoms with Gasteiger partial charge in [-0.1, -0.05) is 46.8 Å². The minimum atomic E-state index is -4.56. The number of nitrogens with zero attached hydrogens (tertiary/aromatic N) is 2. The standard InChI is InChI=1S/C19H14ClF3N4O3S2/c1-30-14-5-3-2-4-11(14)16(29)25-17-26-27-18(32-17)31-9-15(28)24-13-8-10(19(21,22)23)6-7-12(13)20/h2-8H,9H2,1H3,(H,24,28)(H,25,26,29). The zero-order valence-corrected chi connectivity index (χ0v) is 18.6. The van der Waals surface area contributed by atoms with Gasteiger partial charge >= 0.3 is 6.18 Å². The molecule has 2 N–H and O–H groups in total. The number of carbonyl (C=O) groups is 2. The van der Waals surface area contributed by atoms with Crippen LogP contribution in [0.25, 0.3) is 0 Å². The molecule has 7 nitrogen and oxygen atoms in total. The zero-order valence-electron chi connectivity index (χ0n) is 16.2. The Morgan fingerprint density at radius 1 is 1.16 bits per heavy atom. The van der Waals surface area contributed by atoms with E-state index in [1.807, 2.05) is 0 Å². The molecule has 168 valence electrons. The van der Waals surface area contributed by atoms with Crippen LogP contribution in [0.15, 0.2) is 46.8 Å². The first-order chi connectivity index (χ1) is 15.2. The second kappa shape index (κ2) is 10.2. The topological polar surface area (TPSA) is 93.2 Å². The number of methoxy groups -OCH3 is 1. The Bertz CT molecular complexity index is 1140. The number of nitrogens with one attached hydrogen (secondary N) is 2. The molecule has 3 rings (SSSR count). The van der Waals surface area contributed by atoms with Crippen LogP contribution in [0.1, 0.15) is 15.9 Å². The molecule has 0 saturated heterocycles. The highest BCUT2D eigenvalue weighted by molar-refractivity contribution is 8.01. The summed E-state index contributed by atoms with van der Waals surface area (Å²) in [5, 5.41) is 12.9. The average molecular weight is 503 g/mol. The number of aromatic nitrogens is 2. The van der Waals surface area contributed by atoms with Crippen LogP contribution < -0.4 is 15.4 Å². The quantitative estimate of drug-likeness (QED) is 0.340. The number of thioether (sulfide) groups is 1. The van der Waals surface area contributed by atoms with Gasteiger partial charge in [-0.15, -0.1) is 10.2 Å². The van der Waals surface area contributed by atoms with E-state index >= 15 is 0 Å². The molecular weight excluding hydrogens is 489 g/mol. The van der Waals surface area contributed by atoms with Crippen LogP contribution in [0.5, 0.6) is 5.75 Å². The van der Waals surface area contributed by atoms with Gasteiger partial charge in [-0.05, 0) is 30.3 Å². The number of para-hydroxylation sites is 1. The summed E-state index contributed by atoms with van der Waals surface area (Å²) in [7, 11) is 1.45. The van der Waals surface area contributed by atoms with Crippen LogP contribution in [-0.2, 0) is 11.0 Å². The summed E-state index contributed by atoms with van der Waals surface area (Å²) in [6.07, 6.45) is -4.56. The lowest BCUT2D eigenvalue weighted by molar-refractivity contribution is -0.137. The summed E-state index contributed by atoms with van der Waals surface area (Å²) >= 11 is 7.92. The SMILES string of the molecule is COc1ccccc1C(=O)Nc1nnc(SCC(=O)Nc2cc(C(F)(F)F)ccc2Cl)s1. The Morgan fingerprint density at radius 2 is 1.91 bits per heavy atom. The number of anilines is 2. The summed E-state index contributed by atoms with van der Waals surface area (Å²) in [6.45, 7) is 0. The van der Waals surface area contributed by atoms with Gasteiger partial charge in [0, 0.05) is 0 Å². The van der Waals surface area contributed by atoms with Crippen LogP contribution in [0, 0.1) is 0 Å². The fourth-order valence-electron chi connectivity index (χ4n) is 2.43. The molecule has 0 radical (unpaired) electrons. The molecule has 0 spiro atoms. The molecule has 0 atom stereocenters. The van der Waals surface area contributed by atoms with Gasteiger partial charge in [0.15, 0.2) is 4.34 Å². The third-order valence-electron chi connectivity index (χ3n) is 3.87. The third kappa shape index (κ3) is 6.11. The number of ether oxygens (including phenoxy) is 1. The second-order valence-corrected chi connectivity index (χ2v) is 8.66. The molecule has 0 fully saturated rings. The maximum atomic E-state index is 12.8. The molecule has 0 aliphatic heterocycles. The van der Waals surface area contributed by atoms with E-state index in [0.717, 1.165) is 41.3 Å².